The molecule has 0 bridgehead atoms. The number of aliphatic hydroxyl groups excluding tert-OH is 1. The summed E-state index contributed by atoms with van der Waals surface area (Å²) >= 11 is 0. The minimum atomic E-state index is -0.745. The van der Waals surface area contributed by atoms with E-state index in [2.05, 4.69) is 4.98 Å². The molecule has 1 heterocycles. The Kier molecular flexibility index (Phi) is 6.50. The molecule has 0 saturated heterocycles. The Morgan fingerprint density at radius 2 is 2.06 bits per heavy atom. The van der Waals surface area contributed by atoms with Gasteiger partial charge in [-0.15, -0.1) is 0 Å². The monoisotopic (exact) mass is 241 g/mol. The Morgan fingerprint density at radius 3 is 2.41 bits per heavy atom. The van der Waals surface area contributed by atoms with Gasteiger partial charge < -0.3 is 15.3 Å². The van der Waals surface area contributed by atoms with E-state index in [0.29, 0.717) is 17.5 Å². The quantitative estimate of drug-likeness (QED) is 0.678. The second-order valence-electron chi connectivity index (χ2n) is 3.15. The fourth-order valence-electron chi connectivity index (χ4n) is 0.910. The molecule has 0 aliphatic heterocycles. The van der Waals surface area contributed by atoms with Gasteiger partial charge in [0.2, 0.25) is 0 Å². The van der Waals surface area contributed by atoms with Crippen LogP contribution in [0.2, 0.25) is 0 Å². The highest BCUT2D eigenvalue weighted by Crippen LogP contribution is 2.21. The second kappa shape index (κ2) is 7.34. The lowest BCUT2D eigenvalue weighted by atomic mass is 10.1. The number of aliphatic carboxylic acids is 1. The van der Waals surface area contributed by atoms with Crippen LogP contribution in [0.1, 0.15) is 35.0 Å². The van der Waals surface area contributed by atoms with Gasteiger partial charge in [0, 0.05) is 18.2 Å². The molecule has 0 aliphatic carbocycles. The average Bonchev–Trinajstić information content (AvgIpc) is 2.33. The molecule has 6 nitrogen and oxygen atoms in total. The third-order valence-electron chi connectivity index (χ3n) is 1.95. The van der Waals surface area contributed by atoms with Gasteiger partial charge in [0.05, 0.1) is 17.9 Å². The van der Waals surface area contributed by atoms with Crippen LogP contribution < -0.4 is 0 Å². The molecule has 0 saturated carbocycles. The fraction of sp³-hybridized carbons (Fsp3) is 0.364. The number of nitrogens with zero attached hydrogens (tertiary/aromatic N) is 1. The molecule has 0 aliphatic rings. The standard InChI is InChI=1S/C8H9NO3.C3H6O2/c1-5-8(12)7(4-11)6(3-10)2-9-5;1-2-3(4)5/h2,4,10,12H,3H2,1H3;2H2,1H3,(H,4,5). The number of carboxylic acid groups (broad SMARTS) is 1. The van der Waals surface area contributed by atoms with Crippen LogP contribution in [-0.4, -0.2) is 32.6 Å². The van der Waals surface area contributed by atoms with E-state index in [1.54, 1.807) is 13.8 Å². The smallest absolute Gasteiger partial charge is 0.303 e. The van der Waals surface area contributed by atoms with E-state index < -0.39 is 5.97 Å². The Morgan fingerprint density at radius 1 is 1.53 bits per heavy atom. The van der Waals surface area contributed by atoms with Gasteiger partial charge in [-0.1, -0.05) is 6.92 Å². The largest absolute Gasteiger partial charge is 0.505 e. The molecular weight excluding hydrogens is 226 g/mol. The lowest BCUT2D eigenvalue weighted by Gasteiger charge is -2.04. The summed E-state index contributed by atoms with van der Waals surface area (Å²) in [6.07, 6.45) is 2.11. The number of pyridine rings is 1. The van der Waals surface area contributed by atoms with Crippen molar-refractivity contribution in [2.45, 2.75) is 26.9 Å². The van der Waals surface area contributed by atoms with E-state index in [9.17, 15) is 14.7 Å². The number of rotatable bonds is 3. The molecule has 6 heteroatoms. The molecule has 1 rings (SSSR count). The molecule has 0 unspecified atom stereocenters. The molecular formula is C11H15NO5. The molecule has 0 amide bonds. The van der Waals surface area contributed by atoms with Crippen LogP contribution in [-0.2, 0) is 11.4 Å². The van der Waals surface area contributed by atoms with E-state index in [1.165, 1.54) is 6.20 Å². The van der Waals surface area contributed by atoms with E-state index in [0.717, 1.165) is 0 Å². The molecule has 0 atom stereocenters. The Hall–Kier alpha value is -1.95. The molecule has 17 heavy (non-hydrogen) atoms. The van der Waals surface area contributed by atoms with Crippen molar-refractivity contribution in [3.05, 3.63) is 23.0 Å². The van der Waals surface area contributed by atoms with Gasteiger partial charge in [0.25, 0.3) is 0 Å². The van der Waals surface area contributed by atoms with E-state index in [4.69, 9.17) is 10.2 Å². The molecule has 94 valence electrons. The maximum absolute atomic E-state index is 10.5. The van der Waals surface area contributed by atoms with Crippen LogP contribution in [0, 0.1) is 6.92 Å². The summed E-state index contributed by atoms with van der Waals surface area (Å²) < 4.78 is 0. The average molecular weight is 241 g/mol. The number of aromatic nitrogens is 1. The summed E-state index contributed by atoms with van der Waals surface area (Å²) in [6.45, 7) is 2.89. The topological polar surface area (TPSA) is 108 Å². The molecule has 3 N–H and O–H groups in total. The summed E-state index contributed by atoms with van der Waals surface area (Å²) in [5.74, 6) is -0.901. The highest BCUT2D eigenvalue weighted by Gasteiger charge is 2.09. The van der Waals surface area contributed by atoms with Crippen LogP contribution in [0.4, 0.5) is 0 Å². The number of carbonyl (C=O) groups is 2. The highest BCUT2D eigenvalue weighted by molar-refractivity contribution is 5.81. The molecule has 0 spiro atoms. The normalized spacial score (nSPS) is 9.12. The van der Waals surface area contributed by atoms with Gasteiger partial charge in [-0.05, 0) is 6.92 Å². The highest BCUT2D eigenvalue weighted by atomic mass is 16.4. The Labute approximate surface area is 98.6 Å². The molecule has 1 aromatic heterocycles. The minimum Gasteiger partial charge on any atom is -0.505 e. The van der Waals surface area contributed by atoms with Gasteiger partial charge >= 0.3 is 5.97 Å². The van der Waals surface area contributed by atoms with Gasteiger partial charge in [0.15, 0.2) is 6.29 Å². The number of aryl methyl sites for hydroxylation is 1. The number of carbonyl (C=O) groups excluding carboxylic acids is 1. The number of carboxylic acids is 1. The maximum Gasteiger partial charge on any atom is 0.303 e. The number of aliphatic hydroxyl groups is 1. The summed E-state index contributed by atoms with van der Waals surface area (Å²) in [5, 5.41) is 25.8. The third-order valence-corrected chi connectivity index (χ3v) is 1.95. The number of hydrogen-bond donors (Lipinski definition) is 3. The predicted octanol–water partition coefficient (Wildman–Crippen LogP) is 0.881. The number of aldehydes is 1. The first-order chi connectivity index (χ1) is 7.97. The minimum absolute atomic E-state index is 0.116. The van der Waals surface area contributed by atoms with Crippen LogP contribution >= 0.6 is 0 Å². The molecule has 0 fully saturated rings. The zero-order chi connectivity index (χ0) is 13.4. The SMILES string of the molecule is CCC(=O)O.Cc1ncc(CO)c(C=O)c1O. The fourth-order valence-corrected chi connectivity index (χ4v) is 0.910. The zero-order valence-corrected chi connectivity index (χ0v) is 9.67. The second-order valence-corrected chi connectivity index (χ2v) is 3.15. The van der Waals surface area contributed by atoms with Crippen molar-refractivity contribution in [1.29, 1.82) is 0 Å². The summed E-state index contributed by atoms with van der Waals surface area (Å²) in [7, 11) is 0. The first-order valence-electron chi connectivity index (χ1n) is 4.93. The lowest BCUT2D eigenvalue weighted by molar-refractivity contribution is -0.136. The van der Waals surface area contributed by atoms with Crippen molar-refractivity contribution in [3.8, 4) is 5.75 Å². The van der Waals surface area contributed by atoms with E-state index in [-0.39, 0.29) is 24.3 Å². The van der Waals surface area contributed by atoms with Gasteiger partial charge in [-0.25, -0.2) is 0 Å². The zero-order valence-electron chi connectivity index (χ0n) is 9.67. The summed E-state index contributed by atoms with van der Waals surface area (Å²) in [6, 6.07) is 0. The van der Waals surface area contributed by atoms with Gasteiger partial charge in [-0.2, -0.15) is 0 Å². The van der Waals surface area contributed by atoms with Crippen molar-refractivity contribution < 1.29 is 24.9 Å². The van der Waals surface area contributed by atoms with Crippen molar-refractivity contribution in [2.24, 2.45) is 0 Å². The summed E-state index contributed by atoms with van der Waals surface area (Å²) in [4.78, 5) is 23.6. The molecule has 0 radical (unpaired) electrons. The first kappa shape index (κ1) is 15.0. The maximum atomic E-state index is 10.5. The van der Waals surface area contributed by atoms with Crippen molar-refractivity contribution >= 4 is 12.3 Å². The number of hydrogen-bond acceptors (Lipinski definition) is 5. The van der Waals surface area contributed by atoms with Crippen molar-refractivity contribution in [1.82, 2.24) is 4.98 Å². The molecule has 1 aromatic rings. The van der Waals surface area contributed by atoms with Gasteiger partial charge in [-0.3, -0.25) is 14.6 Å². The molecule has 0 aromatic carbocycles. The van der Waals surface area contributed by atoms with Crippen LogP contribution in [0.5, 0.6) is 5.75 Å². The Bertz CT molecular complexity index is 403. The lowest BCUT2D eigenvalue weighted by Crippen LogP contribution is -1.96. The van der Waals surface area contributed by atoms with Gasteiger partial charge in [0.1, 0.15) is 5.75 Å². The van der Waals surface area contributed by atoms with Crippen LogP contribution in [0.3, 0.4) is 0 Å². The predicted molar refractivity (Wildman–Crippen MR) is 59.9 cm³/mol. The van der Waals surface area contributed by atoms with E-state index in [1.807, 2.05) is 0 Å². The van der Waals surface area contributed by atoms with Crippen LogP contribution in [0.15, 0.2) is 6.20 Å². The third kappa shape index (κ3) is 4.60. The summed E-state index contributed by atoms with van der Waals surface area (Å²) in [5.41, 5.74) is 0.840. The van der Waals surface area contributed by atoms with Crippen LogP contribution in [0.25, 0.3) is 0 Å². The van der Waals surface area contributed by atoms with E-state index >= 15 is 0 Å². The van der Waals surface area contributed by atoms with Crippen molar-refractivity contribution in [2.75, 3.05) is 0 Å². The Balaban J connectivity index is 0.000000437. The van der Waals surface area contributed by atoms with Crippen molar-refractivity contribution in [3.63, 3.8) is 0 Å². The first-order valence-corrected chi connectivity index (χ1v) is 4.93. The number of aromatic hydroxyl groups is 1.